The summed E-state index contributed by atoms with van der Waals surface area (Å²) in [6.07, 6.45) is 0.576. The van der Waals surface area contributed by atoms with E-state index >= 15 is 0 Å². The number of nitrogens with two attached hydrogens (primary N) is 1. The minimum Gasteiger partial charge on any atom is -0.487 e. The second-order valence-corrected chi connectivity index (χ2v) is 3.84. The molecule has 0 aromatic heterocycles. The van der Waals surface area contributed by atoms with Crippen molar-refractivity contribution in [3.05, 3.63) is 32.5 Å². The number of nitrogens with zero attached hydrogens (tertiary/aromatic N) is 1. The SMILES string of the molecule is NCCCOc1cc(Br)c(F)cc1[N+](=O)[O-]. The van der Waals surface area contributed by atoms with Crippen molar-refractivity contribution in [1.29, 1.82) is 0 Å². The summed E-state index contributed by atoms with van der Waals surface area (Å²) in [5, 5.41) is 10.6. The van der Waals surface area contributed by atoms with E-state index in [-0.39, 0.29) is 16.8 Å². The van der Waals surface area contributed by atoms with E-state index in [0.29, 0.717) is 13.0 Å². The van der Waals surface area contributed by atoms with Crippen LogP contribution in [0, 0.1) is 15.9 Å². The van der Waals surface area contributed by atoms with Crippen molar-refractivity contribution in [2.24, 2.45) is 5.73 Å². The molecule has 7 heteroatoms. The molecule has 1 aromatic rings. The first kappa shape index (κ1) is 12.9. The normalized spacial score (nSPS) is 10.2. The highest BCUT2D eigenvalue weighted by Gasteiger charge is 2.18. The Hall–Kier alpha value is -1.21. The number of benzene rings is 1. The van der Waals surface area contributed by atoms with E-state index in [1.54, 1.807) is 0 Å². The van der Waals surface area contributed by atoms with Gasteiger partial charge in [-0.1, -0.05) is 0 Å². The maximum atomic E-state index is 13.1. The fraction of sp³-hybridized carbons (Fsp3) is 0.333. The predicted molar refractivity (Wildman–Crippen MR) is 59.9 cm³/mol. The second kappa shape index (κ2) is 5.76. The maximum Gasteiger partial charge on any atom is 0.313 e. The summed E-state index contributed by atoms with van der Waals surface area (Å²) in [6, 6.07) is 2.06. The van der Waals surface area contributed by atoms with E-state index in [1.165, 1.54) is 6.07 Å². The molecule has 0 bridgehead atoms. The molecule has 0 aliphatic carbocycles. The first-order chi connectivity index (χ1) is 7.56. The van der Waals surface area contributed by atoms with Crippen molar-refractivity contribution in [2.45, 2.75) is 6.42 Å². The largest absolute Gasteiger partial charge is 0.487 e. The van der Waals surface area contributed by atoms with Crippen molar-refractivity contribution < 1.29 is 14.1 Å². The van der Waals surface area contributed by atoms with Gasteiger partial charge in [-0.3, -0.25) is 10.1 Å². The minimum atomic E-state index is -0.696. The summed E-state index contributed by atoms with van der Waals surface area (Å²) >= 11 is 2.94. The minimum absolute atomic E-state index is 0.0340. The van der Waals surface area contributed by atoms with Crippen molar-refractivity contribution in [3.63, 3.8) is 0 Å². The van der Waals surface area contributed by atoms with Gasteiger partial charge in [0.1, 0.15) is 5.82 Å². The second-order valence-electron chi connectivity index (χ2n) is 2.98. The number of nitro benzene ring substituents is 1. The van der Waals surface area contributed by atoms with Crippen LogP contribution in [-0.4, -0.2) is 18.1 Å². The lowest BCUT2D eigenvalue weighted by Crippen LogP contribution is -2.07. The van der Waals surface area contributed by atoms with Crippen molar-refractivity contribution >= 4 is 21.6 Å². The average Bonchev–Trinajstić information content (AvgIpc) is 2.23. The number of hydrogen-bond donors (Lipinski definition) is 1. The monoisotopic (exact) mass is 292 g/mol. The zero-order valence-corrected chi connectivity index (χ0v) is 9.87. The highest BCUT2D eigenvalue weighted by Crippen LogP contribution is 2.32. The molecular formula is C9H10BrFN2O3. The molecule has 0 spiro atoms. The Labute approximate surface area is 99.7 Å². The molecular weight excluding hydrogens is 283 g/mol. The number of nitro groups is 1. The fourth-order valence-corrected chi connectivity index (χ4v) is 1.36. The highest BCUT2D eigenvalue weighted by atomic mass is 79.9. The van der Waals surface area contributed by atoms with Gasteiger partial charge in [-0.15, -0.1) is 0 Å². The van der Waals surface area contributed by atoms with Gasteiger partial charge < -0.3 is 10.5 Å². The van der Waals surface area contributed by atoms with Crippen LogP contribution in [0.3, 0.4) is 0 Å². The highest BCUT2D eigenvalue weighted by molar-refractivity contribution is 9.10. The van der Waals surface area contributed by atoms with Gasteiger partial charge in [-0.25, -0.2) is 4.39 Å². The first-order valence-corrected chi connectivity index (χ1v) is 5.32. The summed E-state index contributed by atoms with van der Waals surface area (Å²) in [5.74, 6) is -0.662. The summed E-state index contributed by atoms with van der Waals surface area (Å²) in [6.45, 7) is 0.686. The van der Waals surface area contributed by atoms with Gasteiger partial charge >= 0.3 is 5.69 Å². The molecule has 0 atom stereocenters. The van der Waals surface area contributed by atoms with Gasteiger partial charge in [-0.05, 0) is 28.9 Å². The summed E-state index contributed by atoms with van der Waals surface area (Å²) in [5.41, 5.74) is 4.87. The van der Waals surface area contributed by atoms with Crippen LogP contribution in [0.25, 0.3) is 0 Å². The first-order valence-electron chi connectivity index (χ1n) is 4.52. The average molecular weight is 293 g/mol. The van der Waals surface area contributed by atoms with Crippen LogP contribution < -0.4 is 10.5 Å². The topological polar surface area (TPSA) is 78.4 Å². The van der Waals surface area contributed by atoms with E-state index in [0.717, 1.165) is 6.07 Å². The van der Waals surface area contributed by atoms with E-state index < -0.39 is 16.4 Å². The number of hydrogen-bond acceptors (Lipinski definition) is 4. The number of ether oxygens (including phenoxy) is 1. The maximum absolute atomic E-state index is 13.1. The van der Waals surface area contributed by atoms with Gasteiger partial charge in [0.2, 0.25) is 0 Å². The van der Waals surface area contributed by atoms with Gasteiger partial charge in [0.25, 0.3) is 0 Å². The molecule has 0 saturated carbocycles. The van der Waals surface area contributed by atoms with Crippen LogP contribution in [0.5, 0.6) is 5.75 Å². The summed E-state index contributed by atoms with van der Waals surface area (Å²) in [4.78, 5) is 9.95. The number of rotatable bonds is 5. The van der Waals surface area contributed by atoms with E-state index in [1.807, 2.05) is 0 Å². The predicted octanol–water partition coefficient (Wildman–Crippen LogP) is 2.22. The zero-order valence-electron chi connectivity index (χ0n) is 8.28. The van der Waals surface area contributed by atoms with E-state index in [9.17, 15) is 14.5 Å². The van der Waals surface area contributed by atoms with Crippen LogP contribution in [0.2, 0.25) is 0 Å². The zero-order chi connectivity index (χ0) is 12.1. The van der Waals surface area contributed by atoms with Crippen LogP contribution in [0.15, 0.2) is 16.6 Å². The third-order valence-corrected chi connectivity index (χ3v) is 2.41. The molecule has 1 aromatic carbocycles. The Morgan fingerprint density at radius 1 is 1.56 bits per heavy atom. The molecule has 0 fully saturated rings. The van der Waals surface area contributed by atoms with Crippen LogP contribution in [-0.2, 0) is 0 Å². The Morgan fingerprint density at radius 3 is 2.81 bits per heavy atom. The molecule has 0 unspecified atom stereocenters. The molecule has 0 radical (unpaired) electrons. The van der Waals surface area contributed by atoms with Gasteiger partial charge in [0.05, 0.1) is 22.1 Å². The van der Waals surface area contributed by atoms with Gasteiger partial charge in [-0.2, -0.15) is 0 Å². The molecule has 1 rings (SSSR count). The van der Waals surface area contributed by atoms with Gasteiger partial charge in [0.15, 0.2) is 5.75 Å². The standard InChI is InChI=1S/C9H10BrFN2O3/c10-6-4-9(16-3-1-2-12)8(13(14)15)5-7(6)11/h4-5H,1-3,12H2. The van der Waals surface area contributed by atoms with Crippen molar-refractivity contribution in [1.82, 2.24) is 0 Å². The molecule has 0 heterocycles. The van der Waals surface area contributed by atoms with Crippen LogP contribution in [0.1, 0.15) is 6.42 Å². The van der Waals surface area contributed by atoms with Crippen molar-refractivity contribution in [2.75, 3.05) is 13.2 Å². The molecule has 0 amide bonds. The molecule has 88 valence electrons. The molecule has 0 saturated heterocycles. The number of halogens is 2. The lowest BCUT2D eigenvalue weighted by Gasteiger charge is -2.06. The molecule has 0 aliphatic rings. The molecule has 5 nitrogen and oxygen atoms in total. The summed E-state index contributed by atoms with van der Waals surface area (Å²) < 4.78 is 18.4. The summed E-state index contributed by atoms with van der Waals surface area (Å²) in [7, 11) is 0. The molecule has 16 heavy (non-hydrogen) atoms. The lowest BCUT2D eigenvalue weighted by molar-refractivity contribution is -0.386. The van der Waals surface area contributed by atoms with Crippen molar-refractivity contribution in [3.8, 4) is 5.75 Å². The van der Waals surface area contributed by atoms with E-state index in [2.05, 4.69) is 15.9 Å². The van der Waals surface area contributed by atoms with Gasteiger partial charge in [0, 0.05) is 6.07 Å². The smallest absolute Gasteiger partial charge is 0.313 e. The van der Waals surface area contributed by atoms with Crippen LogP contribution >= 0.6 is 15.9 Å². The Balaban J connectivity index is 2.95. The molecule has 2 N–H and O–H groups in total. The Bertz CT molecular complexity index is 401. The quantitative estimate of drug-likeness (QED) is 0.513. The third kappa shape index (κ3) is 3.14. The lowest BCUT2D eigenvalue weighted by atomic mass is 10.3. The molecule has 0 aliphatic heterocycles. The third-order valence-electron chi connectivity index (χ3n) is 1.80. The van der Waals surface area contributed by atoms with E-state index in [4.69, 9.17) is 10.5 Å². The Morgan fingerprint density at radius 2 is 2.25 bits per heavy atom. The Kier molecular flexibility index (Phi) is 4.63. The van der Waals surface area contributed by atoms with Crippen LogP contribution in [0.4, 0.5) is 10.1 Å². The fourth-order valence-electron chi connectivity index (χ4n) is 1.04.